The van der Waals surface area contributed by atoms with E-state index < -0.39 is 5.97 Å². The molecule has 0 saturated carbocycles. The number of para-hydroxylation sites is 1. The first-order valence-electron chi connectivity index (χ1n) is 7.08. The van der Waals surface area contributed by atoms with E-state index >= 15 is 0 Å². The lowest BCUT2D eigenvalue weighted by molar-refractivity contribution is -0.131. The molecule has 1 saturated heterocycles. The molecule has 4 nitrogen and oxygen atoms in total. The Hall–Kier alpha value is -2.59. The molecule has 2 aromatic rings. The highest BCUT2D eigenvalue weighted by Gasteiger charge is 2.24. The Morgan fingerprint density at radius 3 is 2.55 bits per heavy atom. The van der Waals surface area contributed by atoms with Crippen molar-refractivity contribution in [2.24, 2.45) is 0 Å². The summed E-state index contributed by atoms with van der Waals surface area (Å²) in [5.41, 5.74) is 2.22. The Kier molecular flexibility index (Phi) is 4.21. The van der Waals surface area contributed by atoms with Crippen molar-refractivity contribution in [3.63, 3.8) is 0 Å². The number of epoxide rings is 1. The summed E-state index contributed by atoms with van der Waals surface area (Å²) in [5.74, 6) is -0.325. The van der Waals surface area contributed by atoms with Crippen molar-refractivity contribution in [2.75, 3.05) is 13.2 Å². The molecule has 0 aromatic heterocycles. The van der Waals surface area contributed by atoms with Crippen LogP contribution >= 0.6 is 0 Å². The Labute approximate surface area is 128 Å². The molecular weight excluding hydrogens is 280 g/mol. The van der Waals surface area contributed by atoms with Crippen LogP contribution in [0.25, 0.3) is 5.57 Å². The predicted octanol–water partition coefficient (Wildman–Crippen LogP) is 2.98. The first-order chi connectivity index (χ1) is 10.7. The van der Waals surface area contributed by atoms with Crippen molar-refractivity contribution < 1.29 is 19.4 Å². The van der Waals surface area contributed by atoms with Gasteiger partial charge in [0.1, 0.15) is 18.5 Å². The van der Waals surface area contributed by atoms with Crippen LogP contribution in [0.15, 0.2) is 60.7 Å². The molecule has 2 aromatic carbocycles. The number of hydrogen-bond donors (Lipinski definition) is 1. The van der Waals surface area contributed by atoms with Gasteiger partial charge in [-0.15, -0.1) is 0 Å². The van der Waals surface area contributed by atoms with Crippen LogP contribution in [0.2, 0.25) is 0 Å². The fraction of sp³-hybridized carbons (Fsp3) is 0.167. The topological polar surface area (TPSA) is 59.1 Å². The summed E-state index contributed by atoms with van der Waals surface area (Å²) in [6.45, 7) is 1.20. The molecular formula is C18H16O4. The summed E-state index contributed by atoms with van der Waals surface area (Å²) in [5, 5.41) is 9.19. The monoisotopic (exact) mass is 296 g/mol. The molecule has 0 amide bonds. The van der Waals surface area contributed by atoms with Crippen molar-refractivity contribution in [1.29, 1.82) is 0 Å². The van der Waals surface area contributed by atoms with Crippen LogP contribution in [0, 0.1) is 0 Å². The summed E-state index contributed by atoms with van der Waals surface area (Å²) >= 11 is 0. The van der Waals surface area contributed by atoms with E-state index in [4.69, 9.17) is 9.47 Å². The van der Waals surface area contributed by atoms with Crippen molar-refractivity contribution in [3.05, 3.63) is 71.8 Å². The molecule has 1 heterocycles. The smallest absolute Gasteiger partial charge is 0.328 e. The summed E-state index contributed by atoms with van der Waals surface area (Å²) in [7, 11) is 0. The maximum atomic E-state index is 11.2. The summed E-state index contributed by atoms with van der Waals surface area (Å²) in [6.07, 6.45) is 1.36. The Morgan fingerprint density at radius 1 is 1.18 bits per heavy atom. The van der Waals surface area contributed by atoms with Crippen LogP contribution in [0.3, 0.4) is 0 Å². The van der Waals surface area contributed by atoms with Gasteiger partial charge in [-0.1, -0.05) is 48.5 Å². The molecule has 0 radical (unpaired) electrons. The average Bonchev–Trinajstić information content (AvgIpc) is 3.36. The third-order valence-corrected chi connectivity index (χ3v) is 3.36. The average molecular weight is 296 g/mol. The lowest BCUT2D eigenvalue weighted by atomic mass is 9.97. The standard InChI is InChI=1S/C18H16O4/c19-18(20)10-16(13-6-2-1-3-7-13)15-8-4-5-9-17(15)22-12-14-11-21-14/h1-10,14H,11-12H2,(H,19,20)/b16-10-. The maximum Gasteiger partial charge on any atom is 0.328 e. The van der Waals surface area contributed by atoms with Crippen molar-refractivity contribution in [1.82, 2.24) is 0 Å². The van der Waals surface area contributed by atoms with Gasteiger partial charge in [-0.3, -0.25) is 0 Å². The molecule has 0 aliphatic carbocycles. The van der Waals surface area contributed by atoms with Gasteiger partial charge in [0, 0.05) is 11.6 Å². The molecule has 3 rings (SSSR count). The second-order valence-electron chi connectivity index (χ2n) is 5.02. The quantitative estimate of drug-likeness (QED) is 0.657. The van der Waals surface area contributed by atoms with Crippen molar-refractivity contribution >= 4 is 11.5 Å². The van der Waals surface area contributed by atoms with Gasteiger partial charge in [0.2, 0.25) is 0 Å². The van der Waals surface area contributed by atoms with Crippen LogP contribution in [0.1, 0.15) is 11.1 Å². The molecule has 1 aliphatic heterocycles. The Bertz CT molecular complexity index is 687. The number of carboxylic acids is 1. The van der Waals surface area contributed by atoms with Crippen LogP contribution in [0.5, 0.6) is 5.75 Å². The molecule has 1 unspecified atom stereocenters. The minimum absolute atomic E-state index is 0.150. The fourth-order valence-corrected chi connectivity index (χ4v) is 2.22. The Morgan fingerprint density at radius 2 is 1.86 bits per heavy atom. The summed E-state index contributed by atoms with van der Waals surface area (Å²) in [4.78, 5) is 11.2. The third kappa shape index (κ3) is 3.54. The minimum atomic E-state index is -0.987. The first kappa shape index (κ1) is 14.4. The van der Waals surface area contributed by atoms with E-state index in [1.165, 1.54) is 6.08 Å². The maximum absolute atomic E-state index is 11.2. The zero-order chi connectivity index (χ0) is 15.4. The largest absolute Gasteiger partial charge is 0.490 e. The van der Waals surface area contributed by atoms with E-state index in [1.54, 1.807) is 0 Å². The Balaban J connectivity index is 1.98. The number of benzene rings is 2. The molecule has 0 bridgehead atoms. The zero-order valence-corrected chi connectivity index (χ0v) is 11.9. The van der Waals surface area contributed by atoms with Crippen LogP contribution in [0.4, 0.5) is 0 Å². The van der Waals surface area contributed by atoms with Gasteiger partial charge in [-0.25, -0.2) is 4.79 Å². The van der Waals surface area contributed by atoms with Gasteiger partial charge in [0.15, 0.2) is 0 Å². The summed E-state index contributed by atoms with van der Waals surface area (Å²) < 4.78 is 10.9. The molecule has 22 heavy (non-hydrogen) atoms. The number of carboxylic acid groups (broad SMARTS) is 1. The van der Waals surface area contributed by atoms with Gasteiger partial charge in [-0.2, -0.15) is 0 Å². The van der Waals surface area contributed by atoms with Crippen LogP contribution in [-0.4, -0.2) is 30.4 Å². The predicted molar refractivity (Wildman–Crippen MR) is 82.8 cm³/mol. The van der Waals surface area contributed by atoms with Crippen LogP contribution in [-0.2, 0) is 9.53 Å². The highest BCUT2D eigenvalue weighted by atomic mass is 16.6. The third-order valence-electron chi connectivity index (χ3n) is 3.36. The normalized spacial score (nSPS) is 17.1. The van der Waals surface area contributed by atoms with Crippen molar-refractivity contribution in [3.8, 4) is 5.75 Å². The molecule has 112 valence electrons. The zero-order valence-electron chi connectivity index (χ0n) is 11.9. The molecule has 1 fully saturated rings. The lowest BCUT2D eigenvalue weighted by Gasteiger charge is -2.13. The van der Waals surface area contributed by atoms with Gasteiger partial charge in [0.05, 0.1) is 6.61 Å². The van der Waals surface area contributed by atoms with E-state index in [0.29, 0.717) is 17.9 Å². The second-order valence-corrected chi connectivity index (χ2v) is 5.02. The van der Waals surface area contributed by atoms with Gasteiger partial charge in [0.25, 0.3) is 0 Å². The lowest BCUT2D eigenvalue weighted by Crippen LogP contribution is -2.06. The molecule has 1 aliphatic rings. The molecule has 1 atom stereocenters. The van der Waals surface area contributed by atoms with Gasteiger partial charge >= 0.3 is 5.97 Å². The van der Waals surface area contributed by atoms with Crippen molar-refractivity contribution in [2.45, 2.75) is 6.10 Å². The second kappa shape index (κ2) is 6.45. The fourth-order valence-electron chi connectivity index (χ4n) is 2.22. The first-order valence-corrected chi connectivity index (χ1v) is 7.08. The molecule has 1 N–H and O–H groups in total. The van der Waals surface area contributed by atoms with Crippen LogP contribution < -0.4 is 4.74 Å². The number of rotatable bonds is 6. The number of carbonyl (C=O) groups is 1. The minimum Gasteiger partial charge on any atom is -0.490 e. The van der Waals surface area contributed by atoms with E-state index in [0.717, 1.165) is 17.7 Å². The molecule has 4 heteroatoms. The SMILES string of the molecule is O=C(O)/C=C(/c1ccccc1)c1ccccc1OCC1CO1. The number of ether oxygens (including phenoxy) is 2. The highest BCUT2D eigenvalue weighted by Crippen LogP contribution is 2.31. The van der Waals surface area contributed by atoms with E-state index in [2.05, 4.69) is 0 Å². The summed E-state index contributed by atoms with van der Waals surface area (Å²) in [6, 6.07) is 16.9. The number of hydrogen-bond acceptors (Lipinski definition) is 3. The highest BCUT2D eigenvalue weighted by molar-refractivity contribution is 5.96. The number of aliphatic carboxylic acids is 1. The van der Waals surface area contributed by atoms with Gasteiger partial charge in [-0.05, 0) is 17.2 Å². The van der Waals surface area contributed by atoms with E-state index in [-0.39, 0.29) is 6.10 Å². The van der Waals surface area contributed by atoms with Gasteiger partial charge < -0.3 is 14.6 Å². The van der Waals surface area contributed by atoms with E-state index in [9.17, 15) is 9.90 Å². The van der Waals surface area contributed by atoms with E-state index in [1.807, 2.05) is 54.6 Å². The molecule has 0 spiro atoms.